The summed E-state index contributed by atoms with van der Waals surface area (Å²) in [6.07, 6.45) is -0.783. The van der Waals surface area contributed by atoms with Crippen molar-refractivity contribution in [2.75, 3.05) is 0 Å². The molecule has 3 fully saturated rings. The first-order valence-corrected chi connectivity index (χ1v) is 9.59. The Morgan fingerprint density at radius 1 is 0.917 bits per heavy atom. The number of fused-ring (bicyclic) bond motifs is 5. The first-order chi connectivity index (χ1) is 10.8. The predicted molar refractivity (Wildman–Crippen MR) is 89.5 cm³/mol. The number of hydrogen-bond donors (Lipinski definition) is 0. The van der Waals surface area contributed by atoms with Crippen LogP contribution in [0, 0.1) is 41.4 Å². The van der Waals surface area contributed by atoms with Crippen molar-refractivity contribution in [3.63, 3.8) is 0 Å². The van der Waals surface area contributed by atoms with Crippen LogP contribution in [-0.4, -0.2) is 17.4 Å². The van der Waals surface area contributed by atoms with Gasteiger partial charge in [-0.3, -0.25) is 0 Å². The van der Waals surface area contributed by atoms with Gasteiger partial charge in [-0.05, 0) is 94.8 Å². The van der Waals surface area contributed by atoms with Crippen molar-refractivity contribution in [3.05, 3.63) is 0 Å². The summed E-state index contributed by atoms with van der Waals surface area (Å²) in [7, 11) is 0. The fraction of sp³-hybridized carbons (Fsp3) is 1.00. The lowest BCUT2D eigenvalue weighted by Crippen LogP contribution is -2.51. The summed E-state index contributed by atoms with van der Waals surface area (Å²) in [6, 6.07) is 0. The molecule has 8 atom stereocenters. The minimum absolute atomic E-state index is 0.124. The zero-order valence-corrected chi connectivity index (χ0v) is 15.9. The molecular formula is C20H33F3O. The highest BCUT2D eigenvalue weighted by Crippen LogP contribution is 2.65. The van der Waals surface area contributed by atoms with E-state index in [1.807, 2.05) is 0 Å². The van der Waals surface area contributed by atoms with Gasteiger partial charge in [0.25, 0.3) is 0 Å². The monoisotopic (exact) mass is 346 g/mol. The van der Waals surface area contributed by atoms with Crippen molar-refractivity contribution in [2.45, 2.75) is 84.6 Å². The topological polar surface area (TPSA) is 9.23 Å². The number of halogens is 3. The van der Waals surface area contributed by atoms with Gasteiger partial charge in [0.2, 0.25) is 0 Å². The lowest BCUT2D eigenvalue weighted by Gasteiger charge is -2.43. The Labute approximate surface area is 144 Å². The summed E-state index contributed by atoms with van der Waals surface area (Å²) in [4.78, 5) is 0. The van der Waals surface area contributed by atoms with Gasteiger partial charge in [0, 0.05) is 0 Å². The molecule has 0 aliphatic heterocycles. The van der Waals surface area contributed by atoms with Gasteiger partial charge in [-0.2, -0.15) is 13.2 Å². The van der Waals surface area contributed by atoms with E-state index < -0.39 is 17.4 Å². The van der Waals surface area contributed by atoms with Gasteiger partial charge in [0.1, 0.15) is 0 Å². The lowest BCUT2D eigenvalue weighted by molar-refractivity contribution is -0.303. The maximum atomic E-state index is 13.8. The van der Waals surface area contributed by atoms with Gasteiger partial charge >= 0.3 is 6.18 Å². The third kappa shape index (κ3) is 3.01. The van der Waals surface area contributed by atoms with Crippen LogP contribution in [0.2, 0.25) is 0 Å². The predicted octanol–water partition coefficient (Wildman–Crippen LogP) is 6.08. The van der Waals surface area contributed by atoms with E-state index in [0.29, 0.717) is 23.7 Å². The molecule has 3 rings (SSSR count). The second kappa shape index (κ2) is 5.62. The molecule has 3 aliphatic rings. The molecule has 140 valence electrons. The summed E-state index contributed by atoms with van der Waals surface area (Å²) >= 11 is 0. The van der Waals surface area contributed by atoms with Gasteiger partial charge in [0.15, 0.2) is 5.60 Å². The highest BCUT2D eigenvalue weighted by Gasteiger charge is 2.61. The first kappa shape index (κ1) is 18.5. The Kier molecular flexibility index (Phi) is 4.34. The fourth-order valence-electron chi connectivity index (χ4n) is 6.43. The van der Waals surface area contributed by atoms with Crippen molar-refractivity contribution in [2.24, 2.45) is 41.4 Å². The third-order valence-corrected chi connectivity index (χ3v) is 7.31. The largest absolute Gasteiger partial charge is 0.417 e. The first-order valence-electron chi connectivity index (χ1n) is 9.59. The SMILES string of the molecule is CC1CC2C3CC(CC(C)(OC(C)(C)C)C(F)(F)F)C(C3)C2C1C. The fourth-order valence-corrected chi connectivity index (χ4v) is 6.43. The van der Waals surface area contributed by atoms with Crippen LogP contribution in [0.1, 0.15) is 67.2 Å². The van der Waals surface area contributed by atoms with Crippen LogP contribution in [0.3, 0.4) is 0 Å². The summed E-state index contributed by atoms with van der Waals surface area (Å²) in [5, 5.41) is 0. The average Bonchev–Trinajstić information content (AvgIpc) is 2.99. The summed E-state index contributed by atoms with van der Waals surface area (Å²) in [5.74, 6) is 4.11. The molecule has 0 amide bonds. The molecule has 2 bridgehead atoms. The zero-order valence-electron chi connectivity index (χ0n) is 15.9. The summed E-state index contributed by atoms with van der Waals surface area (Å²) in [6.45, 7) is 11.1. The zero-order chi connectivity index (χ0) is 18.1. The van der Waals surface area contributed by atoms with E-state index in [4.69, 9.17) is 4.74 Å². The Hall–Kier alpha value is -0.250. The van der Waals surface area contributed by atoms with Gasteiger partial charge in [-0.15, -0.1) is 0 Å². The van der Waals surface area contributed by atoms with Crippen LogP contribution >= 0.6 is 0 Å². The molecule has 0 saturated heterocycles. The van der Waals surface area contributed by atoms with Crippen molar-refractivity contribution in [3.8, 4) is 0 Å². The van der Waals surface area contributed by atoms with Gasteiger partial charge < -0.3 is 4.74 Å². The molecule has 0 heterocycles. The number of ether oxygens (including phenoxy) is 1. The molecule has 0 aromatic heterocycles. The number of alkyl halides is 3. The van der Waals surface area contributed by atoms with E-state index in [1.54, 1.807) is 20.8 Å². The maximum Gasteiger partial charge on any atom is 0.417 e. The highest BCUT2D eigenvalue weighted by atomic mass is 19.4. The quantitative estimate of drug-likeness (QED) is 0.602. The van der Waals surface area contributed by atoms with E-state index >= 15 is 0 Å². The van der Waals surface area contributed by atoms with Crippen LogP contribution in [0.4, 0.5) is 13.2 Å². The molecule has 0 N–H and O–H groups in total. The molecule has 3 aliphatic carbocycles. The Bertz CT molecular complexity index is 480. The molecule has 1 nitrogen and oxygen atoms in total. The minimum Gasteiger partial charge on any atom is -0.360 e. The van der Waals surface area contributed by atoms with Crippen molar-refractivity contribution >= 4 is 0 Å². The van der Waals surface area contributed by atoms with E-state index in [0.717, 1.165) is 24.7 Å². The van der Waals surface area contributed by atoms with Crippen LogP contribution in [0.25, 0.3) is 0 Å². The molecule has 0 aromatic rings. The van der Waals surface area contributed by atoms with Crippen molar-refractivity contribution in [1.29, 1.82) is 0 Å². The molecule has 0 aromatic carbocycles. The molecule has 24 heavy (non-hydrogen) atoms. The van der Waals surface area contributed by atoms with Gasteiger partial charge in [0.05, 0.1) is 5.60 Å². The molecule has 8 unspecified atom stereocenters. The smallest absolute Gasteiger partial charge is 0.360 e. The van der Waals surface area contributed by atoms with E-state index in [2.05, 4.69) is 13.8 Å². The molecule has 0 radical (unpaired) electrons. The minimum atomic E-state index is -4.32. The normalized spacial score (nSPS) is 44.6. The van der Waals surface area contributed by atoms with Crippen molar-refractivity contribution < 1.29 is 17.9 Å². The van der Waals surface area contributed by atoms with E-state index in [9.17, 15) is 13.2 Å². The van der Waals surface area contributed by atoms with Crippen molar-refractivity contribution in [1.82, 2.24) is 0 Å². The van der Waals surface area contributed by atoms with Crippen LogP contribution < -0.4 is 0 Å². The Morgan fingerprint density at radius 3 is 2.08 bits per heavy atom. The van der Waals surface area contributed by atoms with Crippen LogP contribution in [-0.2, 0) is 4.74 Å². The van der Waals surface area contributed by atoms with E-state index in [1.165, 1.54) is 13.3 Å². The standard InChI is InChI=1S/C20H33F3O/c1-11-7-15-13-8-14(16(9-13)17(15)12(11)2)10-19(6,20(21,22)23)24-18(3,4)5/h11-17H,7-10H2,1-6H3. The number of rotatable bonds is 3. The Balaban J connectivity index is 1.78. The second-order valence-electron chi connectivity index (χ2n) is 10.1. The number of hydrogen-bond acceptors (Lipinski definition) is 1. The van der Waals surface area contributed by atoms with E-state index in [-0.39, 0.29) is 12.3 Å². The van der Waals surface area contributed by atoms with Crippen LogP contribution in [0.5, 0.6) is 0 Å². The van der Waals surface area contributed by atoms with Gasteiger partial charge in [-0.1, -0.05) is 13.8 Å². The summed E-state index contributed by atoms with van der Waals surface area (Å²) < 4.78 is 47.0. The Morgan fingerprint density at radius 2 is 1.54 bits per heavy atom. The molecule has 0 spiro atoms. The lowest BCUT2D eigenvalue weighted by atomic mass is 9.70. The highest BCUT2D eigenvalue weighted by molar-refractivity contribution is 5.07. The maximum absolute atomic E-state index is 13.8. The molecular weight excluding hydrogens is 313 g/mol. The third-order valence-electron chi connectivity index (χ3n) is 7.31. The van der Waals surface area contributed by atoms with Gasteiger partial charge in [-0.25, -0.2) is 0 Å². The summed E-state index contributed by atoms with van der Waals surface area (Å²) in [5.41, 5.74) is -2.83. The average molecular weight is 346 g/mol. The molecule has 3 saturated carbocycles. The second-order valence-corrected chi connectivity index (χ2v) is 10.1. The van der Waals surface area contributed by atoms with Crippen LogP contribution in [0.15, 0.2) is 0 Å². The molecule has 4 heteroatoms.